The number of unbranched alkanes of at least 4 members (excludes halogenated alkanes) is 2. The molecule has 9 heavy (non-hydrogen) atoms. The second-order valence-corrected chi connectivity index (χ2v) is 3.30. The molecule has 0 fully saturated rings. The Hall–Kier alpha value is -0.260. The van der Waals surface area contributed by atoms with Crippen molar-refractivity contribution in [2.45, 2.75) is 39.5 Å². The first-order valence-electron chi connectivity index (χ1n) is 3.97. The van der Waals surface area contributed by atoms with Gasteiger partial charge >= 0.3 is 0 Å². The molecule has 0 saturated heterocycles. The lowest BCUT2D eigenvalue weighted by atomic mass is 9.99. The molecule has 0 bridgehead atoms. The van der Waals surface area contributed by atoms with Gasteiger partial charge < -0.3 is 0 Å². The molecule has 0 atom stereocenters. The van der Waals surface area contributed by atoms with Crippen LogP contribution < -0.4 is 0 Å². The van der Waals surface area contributed by atoms with Crippen LogP contribution in [0.25, 0.3) is 0 Å². The highest BCUT2D eigenvalue weighted by atomic mass is 14.3. The van der Waals surface area contributed by atoms with Gasteiger partial charge in [-0.3, -0.25) is 0 Å². The molecule has 0 spiro atoms. The fourth-order valence-electron chi connectivity index (χ4n) is 1.06. The quantitative estimate of drug-likeness (QED) is 0.399. The summed E-state index contributed by atoms with van der Waals surface area (Å²) in [4.78, 5) is 0. The fourth-order valence-corrected chi connectivity index (χ4v) is 1.06. The molecule has 0 heterocycles. The first-order chi connectivity index (χ1) is 4.27. The van der Waals surface area contributed by atoms with E-state index in [4.69, 9.17) is 0 Å². The summed E-state index contributed by atoms with van der Waals surface area (Å²) < 4.78 is 0. The van der Waals surface area contributed by atoms with Crippen LogP contribution >= 0.6 is 0 Å². The second-order valence-electron chi connectivity index (χ2n) is 3.30. The van der Waals surface area contributed by atoms with Gasteiger partial charge in [0.25, 0.3) is 0 Å². The maximum atomic E-state index is 2.31. The van der Waals surface area contributed by atoms with Crippen LogP contribution in [0.15, 0.2) is 12.2 Å². The Labute approximate surface area is 58.0 Å². The summed E-state index contributed by atoms with van der Waals surface area (Å²) in [5.74, 6) is 0. The predicted octanol–water partition coefficient (Wildman–Crippen LogP) is 3.14. The fraction of sp³-hybridized carbons (Fsp3) is 0.778. The van der Waals surface area contributed by atoms with E-state index in [-0.39, 0.29) is 0 Å². The second kappa shape index (κ2) is 2.55. The Morgan fingerprint density at radius 1 is 1.22 bits per heavy atom. The van der Waals surface area contributed by atoms with Gasteiger partial charge in [0.2, 0.25) is 0 Å². The maximum Gasteiger partial charge on any atom is 0.00333 e. The highest BCUT2D eigenvalue weighted by molar-refractivity contribution is 5.23. The SMILES string of the molecule is CCCCCC1(C)C=C1. The van der Waals surface area contributed by atoms with E-state index in [0.717, 1.165) is 0 Å². The van der Waals surface area contributed by atoms with E-state index in [1.165, 1.54) is 25.7 Å². The van der Waals surface area contributed by atoms with Crippen molar-refractivity contribution in [3.05, 3.63) is 12.2 Å². The summed E-state index contributed by atoms with van der Waals surface area (Å²) in [6.45, 7) is 4.56. The van der Waals surface area contributed by atoms with Crippen molar-refractivity contribution in [1.82, 2.24) is 0 Å². The standard InChI is InChI=1S/C9H16/c1-3-4-5-6-9(2)7-8-9/h7-8H,3-6H2,1-2H3. The van der Waals surface area contributed by atoms with Crippen LogP contribution in [0.5, 0.6) is 0 Å². The van der Waals surface area contributed by atoms with Gasteiger partial charge in [-0.05, 0) is 6.42 Å². The minimum Gasteiger partial charge on any atom is -0.0780 e. The topological polar surface area (TPSA) is 0 Å². The minimum absolute atomic E-state index is 0.551. The highest BCUT2D eigenvalue weighted by Gasteiger charge is 2.25. The molecule has 0 aromatic heterocycles. The third kappa shape index (κ3) is 2.21. The zero-order chi connectivity index (χ0) is 6.74. The molecule has 0 heteroatoms. The van der Waals surface area contributed by atoms with E-state index >= 15 is 0 Å². The van der Waals surface area contributed by atoms with E-state index in [2.05, 4.69) is 26.0 Å². The summed E-state index contributed by atoms with van der Waals surface area (Å²) in [6, 6.07) is 0. The van der Waals surface area contributed by atoms with Crippen LogP contribution in [0, 0.1) is 5.41 Å². The van der Waals surface area contributed by atoms with Crippen LogP contribution in [0.2, 0.25) is 0 Å². The van der Waals surface area contributed by atoms with E-state index in [1.807, 2.05) is 0 Å². The summed E-state index contributed by atoms with van der Waals surface area (Å²) in [7, 11) is 0. The Balaban J connectivity index is 1.93. The van der Waals surface area contributed by atoms with Gasteiger partial charge in [-0.1, -0.05) is 45.3 Å². The largest absolute Gasteiger partial charge is 0.0780 e. The predicted molar refractivity (Wildman–Crippen MR) is 41.4 cm³/mol. The van der Waals surface area contributed by atoms with E-state index in [9.17, 15) is 0 Å². The van der Waals surface area contributed by atoms with Crippen molar-refractivity contribution in [1.29, 1.82) is 0 Å². The van der Waals surface area contributed by atoms with Crippen LogP contribution in [0.4, 0.5) is 0 Å². The molecule has 0 radical (unpaired) electrons. The van der Waals surface area contributed by atoms with Crippen LogP contribution in [-0.4, -0.2) is 0 Å². The van der Waals surface area contributed by atoms with Gasteiger partial charge in [0.1, 0.15) is 0 Å². The van der Waals surface area contributed by atoms with Crippen molar-refractivity contribution >= 4 is 0 Å². The van der Waals surface area contributed by atoms with E-state index in [1.54, 1.807) is 0 Å². The van der Waals surface area contributed by atoms with Crippen molar-refractivity contribution < 1.29 is 0 Å². The van der Waals surface area contributed by atoms with Gasteiger partial charge in [0.15, 0.2) is 0 Å². The zero-order valence-electron chi connectivity index (χ0n) is 6.48. The molecular formula is C9H16. The summed E-state index contributed by atoms with van der Waals surface area (Å²) in [5.41, 5.74) is 0.551. The molecule has 52 valence electrons. The molecule has 0 aromatic rings. The van der Waals surface area contributed by atoms with Crippen molar-refractivity contribution in [2.75, 3.05) is 0 Å². The molecule has 0 unspecified atom stereocenters. The molecule has 0 saturated carbocycles. The lowest BCUT2D eigenvalue weighted by molar-refractivity contribution is 0.523. The van der Waals surface area contributed by atoms with Crippen molar-refractivity contribution in [3.8, 4) is 0 Å². The molecular weight excluding hydrogens is 108 g/mol. The van der Waals surface area contributed by atoms with Gasteiger partial charge in [-0.15, -0.1) is 0 Å². The molecule has 1 rings (SSSR count). The average Bonchev–Trinajstić information content (AvgIpc) is 2.50. The first-order valence-corrected chi connectivity index (χ1v) is 3.97. The molecule has 1 aliphatic carbocycles. The Morgan fingerprint density at radius 3 is 2.33 bits per heavy atom. The minimum atomic E-state index is 0.551. The van der Waals surface area contributed by atoms with Gasteiger partial charge in [0.05, 0.1) is 0 Å². The van der Waals surface area contributed by atoms with Gasteiger partial charge in [-0.25, -0.2) is 0 Å². The number of rotatable bonds is 4. The van der Waals surface area contributed by atoms with Crippen molar-refractivity contribution in [2.24, 2.45) is 5.41 Å². The monoisotopic (exact) mass is 124 g/mol. The lowest BCUT2D eigenvalue weighted by Gasteiger charge is -2.06. The zero-order valence-corrected chi connectivity index (χ0v) is 6.48. The first kappa shape index (κ1) is 6.85. The molecule has 0 N–H and O–H groups in total. The maximum absolute atomic E-state index is 2.31. The van der Waals surface area contributed by atoms with Crippen molar-refractivity contribution in [3.63, 3.8) is 0 Å². The van der Waals surface area contributed by atoms with Crippen LogP contribution in [0.1, 0.15) is 39.5 Å². The van der Waals surface area contributed by atoms with E-state index < -0.39 is 0 Å². The Kier molecular flexibility index (Phi) is 1.94. The summed E-state index contributed by atoms with van der Waals surface area (Å²) >= 11 is 0. The van der Waals surface area contributed by atoms with Gasteiger partial charge in [-0.2, -0.15) is 0 Å². The van der Waals surface area contributed by atoms with Crippen LogP contribution in [0.3, 0.4) is 0 Å². The average molecular weight is 124 g/mol. The molecule has 0 amide bonds. The molecule has 0 aromatic carbocycles. The smallest absolute Gasteiger partial charge is 0.00333 e. The number of allylic oxidation sites excluding steroid dienone is 2. The molecule has 0 aliphatic heterocycles. The normalized spacial score (nSPS) is 20.2. The number of hydrogen-bond donors (Lipinski definition) is 0. The third-order valence-electron chi connectivity index (χ3n) is 2.05. The Bertz CT molecular complexity index is 105. The van der Waals surface area contributed by atoms with E-state index in [0.29, 0.717) is 5.41 Å². The third-order valence-corrected chi connectivity index (χ3v) is 2.05. The van der Waals surface area contributed by atoms with Crippen LogP contribution in [-0.2, 0) is 0 Å². The van der Waals surface area contributed by atoms with Gasteiger partial charge in [0, 0.05) is 5.41 Å². The summed E-state index contributed by atoms with van der Waals surface area (Å²) in [6.07, 6.45) is 10.1. The number of hydrogen-bond acceptors (Lipinski definition) is 0. The molecule has 0 nitrogen and oxygen atoms in total. The highest BCUT2D eigenvalue weighted by Crippen LogP contribution is 2.38. The summed E-state index contributed by atoms with van der Waals surface area (Å²) in [5, 5.41) is 0. The molecule has 1 aliphatic rings. The lowest BCUT2D eigenvalue weighted by Crippen LogP contribution is -1.93. The Morgan fingerprint density at radius 2 is 1.89 bits per heavy atom.